The van der Waals surface area contributed by atoms with Crippen LogP contribution in [0.2, 0.25) is 5.02 Å². The molecule has 0 aliphatic heterocycles. The van der Waals surface area contributed by atoms with Crippen molar-refractivity contribution in [1.82, 2.24) is 19.5 Å². The van der Waals surface area contributed by atoms with Crippen molar-refractivity contribution in [3.05, 3.63) is 47.5 Å². The van der Waals surface area contributed by atoms with Crippen LogP contribution in [0.3, 0.4) is 0 Å². The number of benzene rings is 1. The lowest BCUT2D eigenvalue weighted by molar-refractivity contribution is 0.0756. The molecule has 7 nitrogen and oxygen atoms in total. The summed E-state index contributed by atoms with van der Waals surface area (Å²) in [6.07, 6.45) is 2.88. The first-order chi connectivity index (χ1) is 11.6. The minimum absolute atomic E-state index is 0.123. The smallest absolute Gasteiger partial charge is 0.188 e. The van der Waals surface area contributed by atoms with Gasteiger partial charge in [-0.3, -0.25) is 4.79 Å². The summed E-state index contributed by atoms with van der Waals surface area (Å²) in [5.41, 5.74) is 7.43. The second-order valence-electron chi connectivity index (χ2n) is 5.13. The molecule has 2 heterocycles. The standard InChI is InChI=1S/C16H16ClN5O2/c1-2-24-7-12(14(23)10-3-5-11(17)6-4-10)22-9-21-16-13(22)15(18)19-8-20-16/h3-6,8-9,12H,2,7H2,1H3,(H2,18,19,20). The van der Waals surface area contributed by atoms with E-state index in [-0.39, 0.29) is 18.2 Å². The van der Waals surface area contributed by atoms with Crippen LogP contribution in [0, 0.1) is 0 Å². The summed E-state index contributed by atoms with van der Waals surface area (Å²) in [6.45, 7) is 2.55. The average Bonchev–Trinajstić information content (AvgIpc) is 3.01. The lowest BCUT2D eigenvalue weighted by atomic mass is 10.0. The van der Waals surface area contributed by atoms with Crippen molar-refractivity contribution >= 4 is 34.4 Å². The number of imidazole rings is 1. The molecule has 0 bridgehead atoms. The molecule has 0 saturated carbocycles. The molecule has 24 heavy (non-hydrogen) atoms. The van der Waals surface area contributed by atoms with Crippen molar-refractivity contribution in [3.63, 3.8) is 0 Å². The molecule has 1 unspecified atom stereocenters. The van der Waals surface area contributed by atoms with Gasteiger partial charge in [-0.05, 0) is 31.2 Å². The first kappa shape index (κ1) is 16.4. The van der Waals surface area contributed by atoms with Crippen molar-refractivity contribution in [3.8, 4) is 0 Å². The number of rotatable bonds is 6. The van der Waals surface area contributed by atoms with E-state index >= 15 is 0 Å². The van der Waals surface area contributed by atoms with Crippen molar-refractivity contribution in [2.24, 2.45) is 0 Å². The first-order valence-electron chi connectivity index (χ1n) is 7.42. The predicted octanol–water partition coefficient (Wildman–Crippen LogP) is 2.52. The third-order valence-electron chi connectivity index (χ3n) is 3.64. The van der Waals surface area contributed by atoms with Gasteiger partial charge in [0.1, 0.15) is 17.9 Å². The Morgan fingerprint density at radius 1 is 1.29 bits per heavy atom. The van der Waals surface area contributed by atoms with Gasteiger partial charge >= 0.3 is 0 Å². The van der Waals surface area contributed by atoms with Crippen molar-refractivity contribution < 1.29 is 9.53 Å². The molecular formula is C16H16ClN5O2. The predicted molar refractivity (Wildman–Crippen MR) is 91.0 cm³/mol. The number of anilines is 1. The summed E-state index contributed by atoms with van der Waals surface area (Å²) in [5.74, 6) is 0.144. The van der Waals surface area contributed by atoms with Crippen LogP contribution < -0.4 is 5.73 Å². The highest BCUT2D eigenvalue weighted by Gasteiger charge is 2.25. The molecule has 0 amide bonds. The molecular weight excluding hydrogens is 330 g/mol. The van der Waals surface area contributed by atoms with Gasteiger partial charge < -0.3 is 15.0 Å². The number of ketones is 1. The van der Waals surface area contributed by atoms with Gasteiger partial charge in [0.25, 0.3) is 0 Å². The molecule has 0 aliphatic rings. The van der Waals surface area contributed by atoms with Crippen molar-refractivity contribution in [2.45, 2.75) is 13.0 Å². The molecule has 0 aliphatic carbocycles. The molecule has 3 rings (SSSR count). The van der Waals surface area contributed by atoms with Crippen LogP contribution in [0.5, 0.6) is 0 Å². The highest BCUT2D eigenvalue weighted by atomic mass is 35.5. The minimum Gasteiger partial charge on any atom is -0.382 e. The third kappa shape index (κ3) is 3.08. The van der Waals surface area contributed by atoms with E-state index in [2.05, 4.69) is 15.0 Å². The van der Waals surface area contributed by atoms with Gasteiger partial charge in [-0.1, -0.05) is 11.6 Å². The number of nitrogens with zero attached hydrogens (tertiary/aromatic N) is 4. The van der Waals surface area contributed by atoms with Gasteiger partial charge in [-0.15, -0.1) is 0 Å². The Morgan fingerprint density at radius 2 is 2.04 bits per heavy atom. The number of ether oxygens (including phenoxy) is 1. The van der Waals surface area contributed by atoms with Crippen LogP contribution in [-0.2, 0) is 4.74 Å². The molecule has 0 spiro atoms. The van der Waals surface area contributed by atoms with E-state index in [0.29, 0.717) is 28.4 Å². The Labute approximate surface area is 143 Å². The zero-order valence-electron chi connectivity index (χ0n) is 13.0. The highest BCUT2D eigenvalue weighted by molar-refractivity contribution is 6.30. The van der Waals surface area contributed by atoms with Gasteiger partial charge in [0, 0.05) is 17.2 Å². The summed E-state index contributed by atoms with van der Waals surface area (Å²) in [7, 11) is 0. The molecule has 0 radical (unpaired) electrons. The number of nitrogens with two attached hydrogens (primary N) is 1. The van der Waals surface area contributed by atoms with E-state index in [9.17, 15) is 4.79 Å². The van der Waals surface area contributed by atoms with Gasteiger partial charge in [-0.2, -0.15) is 0 Å². The van der Waals surface area contributed by atoms with Gasteiger partial charge in [0.2, 0.25) is 0 Å². The molecule has 3 aromatic rings. The summed E-state index contributed by atoms with van der Waals surface area (Å²) in [6, 6.07) is 6.10. The summed E-state index contributed by atoms with van der Waals surface area (Å²) in [4.78, 5) is 25.2. The molecule has 124 valence electrons. The average molecular weight is 346 g/mol. The maximum Gasteiger partial charge on any atom is 0.188 e. The second kappa shape index (κ2) is 6.94. The van der Waals surface area contributed by atoms with E-state index in [0.717, 1.165) is 0 Å². The second-order valence-corrected chi connectivity index (χ2v) is 5.57. The molecule has 2 aromatic heterocycles. The van der Waals surface area contributed by atoms with Gasteiger partial charge in [0.15, 0.2) is 17.2 Å². The van der Waals surface area contributed by atoms with E-state index in [4.69, 9.17) is 22.1 Å². The zero-order valence-corrected chi connectivity index (χ0v) is 13.8. The molecule has 0 fully saturated rings. The number of carbonyl (C=O) groups excluding carboxylic acids is 1. The van der Waals surface area contributed by atoms with Gasteiger partial charge in [-0.25, -0.2) is 15.0 Å². The summed E-state index contributed by atoms with van der Waals surface area (Å²) >= 11 is 5.89. The maximum absolute atomic E-state index is 13.0. The van der Waals surface area contributed by atoms with Crippen molar-refractivity contribution in [2.75, 3.05) is 18.9 Å². The van der Waals surface area contributed by atoms with E-state index in [1.807, 2.05) is 6.92 Å². The fraction of sp³-hybridized carbons (Fsp3) is 0.250. The Hall–Kier alpha value is -2.51. The molecule has 1 aromatic carbocycles. The highest BCUT2D eigenvalue weighted by Crippen LogP contribution is 2.24. The fourth-order valence-electron chi connectivity index (χ4n) is 2.45. The largest absolute Gasteiger partial charge is 0.382 e. The Balaban J connectivity index is 2.05. The Morgan fingerprint density at radius 3 is 2.75 bits per heavy atom. The summed E-state index contributed by atoms with van der Waals surface area (Å²) in [5, 5.41) is 0.568. The van der Waals surface area contributed by atoms with Crippen LogP contribution in [0.1, 0.15) is 23.3 Å². The molecule has 8 heteroatoms. The normalized spacial score (nSPS) is 12.4. The van der Waals surface area contributed by atoms with E-state index in [1.54, 1.807) is 28.8 Å². The maximum atomic E-state index is 13.0. The number of halogens is 1. The van der Waals surface area contributed by atoms with Crippen LogP contribution in [0.25, 0.3) is 11.2 Å². The molecule has 2 N–H and O–H groups in total. The fourth-order valence-corrected chi connectivity index (χ4v) is 2.58. The third-order valence-corrected chi connectivity index (χ3v) is 3.89. The quantitative estimate of drug-likeness (QED) is 0.689. The summed E-state index contributed by atoms with van der Waals surface area (Å²) < 4.78 is 7.16. The van der Waals surface area contributed by atoms with Gasteiger partial charge in [0.05, 0.1) is 12.9 Å². The van der Waals surface area contributed by atoms with Crippen molar-refractivity contribution in [1.29, 1.82) is 0 Å². The van der Waals surface area contributed by atoms with E-state index < -0.39 is 6.04 Å². The lowest BCUT2D eigenvalue weighted by Gasteiger charge is -2.18. The topological polar surface area (TPSA) is 95.9 Å². The Bertz CT molecular complexity index is 863. The number of hydrogen-bond donors (Lipinski definition) is 1. The van der Waals surface area contributed by atoms with Crippen LogP contribution in [0.4, 0.5) is 5.82 Å². The van der Waals surface area contributed by atoms with Crippen LogP contribution >= 0.6 is 11.6 Å². The monoisotopic (exact) mass is 345 g/mol. The number of carbonyl (C=O) groups is 1. The SMILES string of the molecule is CCOCC(C(=O)c1ccc(Cl)cc1)n1cnc2ncnc(N)c21. The van der Waals surface area contributed by atoms with Crippen LogP contribution in [0.15, 0.2) is 36.9 Å². The first-order valence-corrected chi connectivity index (χ1v) is 7.80. The van der Waals surface area contributed by atoms with E-state index in [1.165, 1.54) is 12.7 Å². The number of nitrogen functional groups attached to an aromatic ring is 1. The Kier molecular flexibility index (Phi) is 4.73. The lowest BCUT2D eigenvalue weighted by Crippen LogP contribution is -2.24. The number of aromatic nitrogens is 4. The minimum atomic E-state index is -0.621. The number of Topliss-reactive ketones (excluding diaryl/α,β-unsaturated/α-hetero) is 1. The number of hydrogen-bond acceptors (Lipinski definition) is 6. The van der Waals surface area contributed by atoms with Crippen LogP contribution in [-0.4, -0.2) is 38.5 Å². The molecule has 1 atom stereocenters. The number of fused-ring (bicyclic) bond motifs is 1. The molecule has 0 saturated heterocycles. The zero-order chi connectivity index (χ0) is 17.1.